The molecule has 0 aromatic carbocycles. The van der Waals surface area contributed by atoms with E-state index in [9.17, 15) is 0 Å². The Morgan fingerprint density at radius 1 is 1.60 bits per heavy atom. The van der Waals surface area contributed by atoms with E-state index in [2.05, 4.69) is 23.1 Å². The zero-order valence-corrected chi connectivity index (χ0v) is 12.8. The first-order valence-electron chi connectivity index (χ1n) is 5.28. The number of thioether (sulfide) groups is 1. The van der Waals surface area contributed by atoms with Crippen LogP contribution in [-0.4, -0.2) is 42.5 Å². The van der Waals surface area contributed by atoms with Crippen LogP contribution in [0.1, 0.15) is 19.8 Å². The fourth-order valence-electron chi connectivity index (χ4n) is 1.75. The predicted molar refractivity (Wildman–Crippen MR) is 80.3 cm³/mol. The molecule has 1 rings (SSSR count). The van der Waals surface area contributed by atoms with Crippen LogP contribution >= 0.6 is 35.7 Å². The topological polar surface area (TPSA) is 41.6 Å². The third kappa shape index (κ3) is 5.85. The van der Waals surface area contributed by atoms with Gasteiger partial charge >= 0.3 is 0 Å². The minimum Gasteiger partial charge on any atom is -0.370 e. The Labute approximate surface area is 114 Å². The van der Waals surface area contributed by atoms with Crippen molar-refractivity contribution in [2.45, 2.75) is 19.8 Å². The fourth-order valence-corrected chi connectivity index (χ4v) is 2.02. The Kier molecular flexibility index (Phi) is 8.69. The normalized spacial score (nSPS) is 22.4. The van der Waals surface area contributed by atoms with Crippen molar-refractivity contribution in [1.82, 2.24) is 4.90 Å². The van der Waals surface area contributed by atoms with Crippen LogP contribution in [0.2, 0.25) is 0 Å². The lowest BCUT2D eigenvalue weighted by Crippen LogP contribution is -2.43. The zero-order valence-electron chi connectivity index (χ0n) is 9.61. The highest BCUT2D eigenvalue weighted by atomic mass is 127. The van der Waals surface area contributed by atoms with Crippen molar-refractivity contribution in [3.63, 3.8) is 0 Å². The molecule has 3 nitrogen and oxygen atoms in total. The van der Waals surface area contributed by atoms with Crippen LogP contribution in [-0.2, 0) is 0 Å². The molecule has 5 heteroatoms. The van der Waals surface area contributed by atoms with Gasteiger partial charge in [0.25, 0.3) is 0 Å². The van der Waals surface area contributed by atoms with Gasteiger partial charge in [-0.2, -0.15) is 11.8 Å². The summed E-state index contributed by atoms with van der Waals surface area (Å²) >= 11 is 1.81. The van der Waals surface area contributed by atoms with Crippen LogP contribution in [0.15, 0.2) is 4.99 Å². The lowest BCUT2D eigenvalue weighted by Gasteiger charge is -2.31. The molecule has 1 aliphatic rings. The van der Waals surface area contributed by atoms with Gasteiger partial charge in [0.1, 0.15) is 0 Å². The van der Waals surface area contributed by atoms with Crippen molar-refractivity contribution in [3.05, 3.63) is 0 Å². The summed E-state index contributed by atoms with van der Waals surface area (Å²) in [7, 11) is 0. The van der Waals surface area contributed by atoms with E-state index in [-0.39, 0.29) is 24.0 Å². The third-order valence-corrected chi connectivity index (χ3v) is 3.14. The summed E-state index contributed by atoms with van der Waals surface area (Å²) in [5.74, 6) is 2.56. The van der Waals surface area contributed by atoms with E-state index in [1.807, 2.05) is 11.8 Å². The molecule has 1 atom stereocenters. The number of halogens is 1. The minimum atomic E-state index is 0. The predicted octanol–water partition coefficient (Wildman–Crippen LogP) is 2.01. The number of nitrogens with two attached hydrogens (primary N) is 1. The number of rotatable bonds is 3. The first-order chi connectivity index (χ1) is 6.74. The summed E-state index contributed by atoms with van der Waals surface area (Å²) in [4.78, 5) is 6.59. The molecule has 2 N–H and O–H groups in total. The maximum Gasteiger partial charge on any atom is 0.191 e. The standard InChI is InChI=1S/C10H21N3S.HI/c1-9-4-3-6-13(8-9)10(11)12-5-7-14-2;/h9H,3-8H2,1-2H3,(H2,11,12);1H. The smallest absolute Gasteiger partial charge is 0.191 e. The Balaban J connectivity index is 0.00000196. The largest absolute Gasteiger partial charge is 0.370 e. The number of hydrogen-bond donors (Lipinski definition) is 1. The molecule has 0 aliphatic carbocycles. The second-order valence-electron chi connectivity index (χ2n) is 3.93. The Morgan fingerprint density at radius 3 is 2.93 bits per heavy atom. The molecule has 0 spiro atoms. The molecular formula is C10H22IN3S. The number of hydrogen-bond acceptors (Lipinski definition) is 2. The molecule has 1 unspecified atom stereocenters. The molecule has 15 heavy (non-hydrogen) atoms. The number of likely N-dealkylation sites (tertiary alicyclic amines) is 1. The van der Waals surface area contributed by atoms with Crippen molar-refractivity contribution in [2.24, 2.45) is 16.6 Å². The van der Waals surface area contributed by atoms with E-state index < -0.39 is 0 Å². The number of aliphatic imine (C=N–C) groups is 1. The zero-order chi connectivity index (χ0) is 10.4. The quantitative estimate of drug-likeness (QED) is 0.369. The van der Waals surface area contributed by atoms with Crippen molar-refractivity contribution in [2.75, 3.05) is 31.6 Å². The van der Waals surface area contributed by atoms with Gasteiger partial charge in [-0.3, -0.25) is 4.99 Å². The highest BCUT2D eigenvalue weighted by Gasteiger charge is 2.17. The van der Waals surface area contributed by atoms with E-state index in [4.69, 9.17) is 5.73 Å². The monoisotopic (exact) mass is 343 g/mol. The summed E-state index contributed by atoms with van der Waals surface area (Å²) in [5.41, 5.74) is 5.92. The molecule has 1 heterocycles. The van der Waals surface area contributed by atoms with Gasteiger partial charge in [0.05, 0.1) is 6.54 Å². The minimum absolute atomic E-state index is 0. The molecule has 90 valence electrons. The summed E-state index contributed by atoms with van der Waals surface area (Å²) < 4.78 is 0. The molecule has 0 saturated carbocycles. The van der Waals surface area contributed by atoms with Gasteiger partial charge in [0.2, 0.25) is 0 Å². The molecule has 1 aliphatic heterocycles. The van der Waals surface area contributed by atoms with Gasteiger partial charge in [0, 0.05) is 18.8 Å². The Bertz CT molecular complexity index is 199. The maximum atomic E-state index is 5.92. The first-order valence-corrected chi connectivity index (χ1v) is 6.67. The highest BCUT2D eigenvalue weighted by molar-refractivity contribution is 14.0. The summed E-state index contributed by atoms with van der Waals surface area (Å²) in [6, 6.07) is 0. The Hall–Kier alpha value is 0.350. The SMILES string of the molecule is CSCCN=C(N)N1CCCC(C)C1.I. The maximum absolute atomic E-state index is 5.92. The van der Waals surface area contributed by atoms with Gasteiger partial charge in [-0.05, 0) is 25.0 Å². The first kappa shape index (κ1) is 15.3. The number of piperidine rings is 1. The molecule has 1 fully saturated rings. The van der Waals surface area contributed by atoms with Crippen LogP contribution in [0.25, 0.3) is 0 Å². The van der Waals surface area contributed by atoms with Crippen LogP contribution in [0.3, 0.4) is 0 Å². The van der Waals surface area contributed by atoms with Crippen LogP contribution in [0.5, 0.6) is 0 Å². The van der Waals surface area contributed by atoms with Crippen molar-refractivity contribution in [1.29, 1.82) is 0 Å². The van der Waals surface area contributed by atoms with Gasteiger partial charge in [-0.1, -0.05) is 6.92 Å². The van der Waals surface area contributed by atoms with Gasteiger partial charge in [-0.25, -0.2) is 0 Å². The summed E-state index contributed by atoms with van der Waals surface area (Å²) in [6.45, 7) is 5.28. The van der Waals surface area contributed by atoms with E-state index in [1.54, 1.807) is 0 Å². The van der Waals surface area contributed by atoms with E-state index in [0.717, 1.165) is 37.3 Å². The van der Waals surface area contributed by atoms with E-state index in [1.165, 1.54) is 12.8 Å². The van der Waals surface area contributed by atoms with Gasteiger partial charge < -0.3 is 10.6 Å². The van der Waals surface area contributed by atoms with Crippen molar-refractivity contribution < 1.29 is 0 Å². The summed E-state index contributed by atoms with van der Waals surface area (Å²) in [5, 5.41) is 0. The lowest BCUT2D eigenvalue weighted by atomic mass is 10.0. The third-order valence-electron chi connectivity index (χ3n) is 2.55. The van der Waals surface area contributed by atoms with Crippen molar-refractivity contribution >= 4 is 41.7 Å². The second-order valence-corrected chi connectivity index (χ2v) is 4.91. The average molecular weight is 343 g/mol. The molecule has 0 amide bonds. The molecule has 0 radical (unpaired) electrons. The van der Waals surface area contributed by atoms with E-state index in [0.29, 0.717) is 0 Å². The highest BCUT2D eigenvalue weighted by Crippen LogP contribution is 2.14. The molecule has 0 bridgehead atoms. The van der Waals surface area contributed by atoms with Crippen LogP contribution in [0.4, 0.5) is 0 Å². The molecular weight excluding hydrogens is 321 g/mol. The number of nitrogens with zero attached hydrogens (tertiary/aromatic N) is 2. The summed E-state index contributed by atoms with van der Waals surface area (Å²) in [6.07, 6.45) is 4.67. The average Bonchev–Trinajstić information content (AvgIpc) is 2.18. The van der Waals surface area contributed by atoms with E-state index >= 15 is 0 Å². The van der Waals surface area contributed by atoms with Gasteiger partial charge in [0.15, 0.2) is 5.96 Å². The molecule has 1 saturated heterocycles. The van der Waals surface area contributed by atoms with Crippen LogP contribution < -0.4 is 5.73 Å². The van der Waals surface area contributed by atoms with Crippen LogP contribution in [0, 0.1) is 5.92 Å². The lowest BCUT2D eigenvalue weighted by molar-refractivity contribution is 0.270. The number of guanidine groups is 1. The fraction of sp³-hybridized carbons (Fsp3) is 0.900. The Morgan fingerprint density at radius 2 is 2.33 bits per heavy atom. The molecule has 0 aromatic rings. The van der Waals surface area contributed by atoms with Crippen molar-refractivity contribution in [3.8, 4) is 0 Å². The second kappa shape index (κ2) is 8.50. The van der Waals surface area contributed by atoms with Gasteiger partial charge in [-0.15, -0.1) is 24.0 Å². The molecule has 0 aromatic heterocycles.